The van der Waals surface area contributed by atoms with Crippen LogP contribution in [-0.2, 0) is 6.42 Å². The van der Waals surface area contributed by atoms with Gasteiger partial charge in [0.15, 0.2) is 0 Å². The minimum absolute atomic E-state index is 0.463. The van der Waals surface area contributed by atoms with E-state index in [0.29, 0.717) is 6.04 Å². The molecule has 2 aromatic rings. The summed E-state index contributed by atoms with van der Waals surface area (Å²) >= 11 is 7.21. The van der Waals surface area contributed by atoms with Crippen molar-refractivity contribution in [3.63, 3.8) is 0 Å². The van der Waals surface area contributed by atoms with E-state index < -0.39 is 0 Å². The summed E-state index contributed by atoms with van der Waals surface area (Å²) < 4.78 is 1.25. The standard InChI is InChI=1S/C13H16BrNS2/c1-9-7-12(17-13(9)14)11(15-2)4-3-10-5-6-16-8-10/h5-8,11,15H,3-4H2,1-2H3. The van der Waals surface area contributed by atoms with Crippen LogP contribution in [0, 0.1) is 6.92 Å². The summed E-state index contributed by atoms with van der Waals surface area (Å²) in [7, 11) is 2.04. The van der Waals surface area contributed by atoms with Crippen LogP contribution in [0.1, 0.15) is 28.5 Å². The molecule has 0 radical (unpaired) electrons. The van der Waals surface area contributed by atoms with Gasteiger partial charge in [-0.1, -0.05) is 0 Å². The van der Waals surface area contributed by atoms with Crippen LogP contribution in [0.15, 0.2) is 26.7 Å². The molecule has 1 N–H and O–H groups in total. The van der Waals surface area contributed by atoms with Crippen LogP contribution in [0.5, 0.6) is 0 Å². The Morgan fingerprint density at radius 1 is 1.47 bits per heavy atom. The van der Waals surface area contributed by atoms with Gasteiger partial charge in [-0.25, -0.2) is 0 Å². The summed E-state index contributed by atoms with van der Waals surface area (Å²) in [5.74, 6) is 0. The van der Waals surface area contributed by atoms with E-state index in [2.05, 4.69) is 51.1 Å². The maximum Gasteiger partial charge on any atom is 0.0731 e. The lowest BCUT2D eigenvalue weighted by Gasteiger charge is -2.13. The molecule has 1 unspecified atom stereocenters. The lowest BCUT2D eigenvalue weighted by atomic mass is 10.1. The Morgan fingerprint density at radius 2 is 2.29 bits per heavy atom. The summed E-state index contributed by atoms with van der Waals surface area (Å²) in [5.41, 5.74) is 2.78. The van der Waals surface area contributed by atoms with Gasteiger partial charge in [0.1, 0.15) is 0 Å². The molecule has 0 aromatic carbocycles. The van der Waals surface area contributed by atoms with E-state index in [1.807, 2.05) is 18.4 Å². The first-order valence-electron chi connectivity index (χ1n) is 5.65. The third kappa shape index (κ3) is 3.41. The van der Waals surface area contributed by atoms with Crippen molar-refractivity contribution in [3.8, 4) is 0 Å². The molecule has 92 valence electrons. The second kappa shape index (κ2) is 6.14. The first-order valence-corrected chi connectivity index (χ1v) is 8.20. The normalized spacial score (nSPS) is 12.9. The van der Waals surface area contributed by atoms with E-state index in [-0.39, 0.29) is 0 Å². The fourth-order valence-electron chi connectivity index (χ4n) is 1.83. The van der Waals surface area contributed by atoms with Crippen LogP contribution in [0.25, 0.3) is 0 Å². The van der Waals surface area contributed by atoms with Gasteiger partial charge in [0.05, 0.1) is 3.79 Å². The van der Waals surface area contributed by atoms with Gasteiger partial charge in [-0.2, -0.15) is 11.3 Å². The molecule has 0 spiro atoms. The zero-order valence-corrected chi connectivity index (χ0v) is 13.2. The Kier molecular flexibility index (Phi) is 4.79. The van der Waals surface area contributed by atoms with E-state index >= 15 is 0 Å². The fourth-order valence-corrected chi connectivity index (χ4v) is 4.25. The molecule has 17 heavy (non-hydrogen) atoms. The maximum absolute atomic E-state index is 3.60. The SMILES string of the molecule is CNC(CCc1ccsc1)c1cc(C)c(Br)s1. The molecule has 4 heteroatoms. The van der Waals surface area contributed by atoms with E-state index in [9.17, 15) is 0 Å². The summed E-state index contributed by atoms with van der Waals surface area (Å²) in [5, 5.41) is 7.80. The predicted octanol–water partition coefficient (Wildman–Crippen LogP) is 4.77. The highest BCUT2D eigenvalue weighted by atomic mass is 79.9. The number of halogens is 1. The highest BCUT2D eigenvalue weighted by Gasteiger charge is 2.13. The summed E-state index contributed by atoms with van der Waals surface area (Å²) in [6, 6.07) is 4.96. The molecular weight excluding hydrogens is 314 g/mol. The molecule has 0 fully saturated rings. The quantitative estimate of drug-likeness (QED) is 0.832. The van der Waals surface area contributed by atoms with Crippen molar-refractivity contribution in [3.05, 3.63) is 42.7 Å². The predicted molar refractivity (Wildman–Crippen MR) is 81.2 cm³/mol. The average Bonchev–Trinajstić information content (AvgIpc) is 2.91. The molecule has 0 amide bonds. The minimum atomic E-state index is 0.463. The molecule has 0 aliphatic carbocycles. The third-order valence-corrected chi connectivity index (χ3v) is 5.85. The van der Waals surface area contributed by atoms with Gasteiger partial charge in [0.25, 0.3) is 0 Å². The first-order chi connectivity index (χ1) is 8.20. The van der Waals surface area contributed by atoms with Crippen LogP contribution in [0.2, 0.25) is 0 Å². The number of thiophene rings is 2. The Morgan fingerprint density at radius 3 is 2.82 bits per heavy atom. The lowest BCUT2D eigenvalue weighted by molar-refractivity contribution is 0.558. The maximum atomic E-state index is 3.60. The van der Waals surface area contributed by atoms with E-state index in [0.717, 1.165) is 12.8 Å². The number of nitrogens with one attached hydrogen (secondary N) is 1. The highest BCUT2D eigenvalue weighted by molar-refractivity contribution is 9.11. The smallest absolute Gasteiger partial charge is 0.0731 e. The topological polar surface area (TPSA) is 12.0 Å². The van der Waals surface area contributed by atoms with E-state index in [1.165, 1.54) is 19.8 Å². The summed E-state index contributed by atoms with van der Waals surface area (Å²) in [4.78, 5) is 1.42. The van der Waals surface area contributed by atoms with Crippen LogP contribution in [-0.4, -0.2) is 7.05 Å². The molecule has 0 saturated carbocycles. The van der Waals surface area contributed by atoms with E-state index in [4.69, 9.17) is 0 Å². The van der Waals surface area contributed by atoms with Crippen molar-refractivity contribution in [2.45, 2.75) is 25.8 Å². The second-order valence-electron chi connectivity index (χ2n) is 4.12. The van der Waals surface area contributed by atoms with Gasteiger partial charge in [-0.05, 0) is 76.8 Å². The Hall–Kier alpha value is -0.160. The van der Waals surface area contributed by atoms with Crippen LogP contribution < -0.4 is 5.32 Å². The number of rotatable bonds is 5. The van der Waals surface area contributed by atoms with Crippen molar-refractivity contribution in [1.29, 1.82) is 0 Å². The van der Waals surface area contributed by atoms with Gasteiger partial charge in [0.2, 0.25) is 0 Å². The molecule has 2 heterocycles. The Bertz CT molecular complexity index is 442. The van der Waals surface area contributed by atoms with Gasteiger partial charge in [-0.15, -0.1) is 11.3 Å². The molecular formula is C13H16BrNS2. The minimum Gasteiger partial charge on any atom is -0.312 e. The Labute approximate surface area is 119 Å². The van der Waals surface area contributed by atoms with Gasteiger partial charge >= 0.3 is 0 Å². The molecule has 0 aliphatic rings. The Balaban J connectivity index is 2.01. The molecule has 2 aromatic heterocycles. The van der Waals surface area contributed by atoms with Crippen LogP contribution in [0.4, 0.5) is 0 Å². The van der Waals surface area contributed by atoms with Gasteiger partial charge < -0.3 is 5.32 Å². The van der Waals surface area contributed by atoms with Crippen molar-refractivity contribution in [2.24, 2.45) is 0 Å². The molecule has 0 saturated heterocycles. The number of hydrogen-bond acceptors (Lipinski definition) is 3. The average molecular weight is 330 g/mol. The molecule has 1 atom stereocenters. The fraction of sp³-hybridized carbons (Fsp3) is 0.385. The van der Waals surface area contributed by atoms with Gasteiger partial charge in [-0.3, -0.25) is 0 Å². The highest BCUT2D eigenvalue weighted by Crippen LogP contribution is 2.33. The van der Waals surface area contributed by atoms with Crippen LogP contribution in [0.3, 0.4) is 0 Å². The summed E-state index contributed by atoms with van der Waals surface area (Å²) in [6.07, 6.45) is 2.29. The molecule has 2 rings (SSSR count). The van der Waals surface area contributed by atoms with Crippen molar-refractivity contribution < 1.29 is 0 Å². The van der Waals surface area contributed by atoms with Crippen molar-refractivity contribution in [1.82, 2.24) is 5.32 Å². The second-order valence-corrected chi connectivity index (χ2v) is 7.30. The zero-order chi connectivity index (χ0) is 12.3. The number of hydrogen-bond donors (Lipinski definition) is 1. The van der Waals surface area contributed by atoms with Crippen LogP contribution >= 0.6 is 38.6 Å². The third-order valence-electron chi connectivity index (χ3n) is 2.87. The molecule has 0 bridgehead atoms. The van der Waals surface area contributed by atoms with Crippen molar-refractivity contribution in [2.75, 3.05) is 7.05 Å². The largest absolute Gasteiger partial charge is 0.312 e. The first kappa shape index (κ1) is 13.3. The van der Waals surface area contributed by atoms with E-state index in [1.54, 1.807) is 11.3 Å². The lowest BCUT2D eigenvalue weighted by Crippen LogP contribution is -2.15. The van der Waals surface area contributed by atoms with Gasteiger partial charge in [0, 0.05) is 10.9 Å². The number of aryl methyl sites for hydroxylation is 2. The zero-order valence-electron chi connectivity index (χ0n) is 10.00. The van der Waals surface area contributed by atoms with Crippen molar-refractivity contribution >= 4 is 38.6 Å². The molecule has 0 aliphatic heterocycles. The monoisotopic (exact) mass is 329 g/mol. The summed E-state index contributed by atoms with van der Waals surface area (Å²) in [6.45, 7) is 2.15. The molecule has 1 nitrogen and oxygen atoms in total.